The first-order valence-electron chi connectivity index (χ1n) is 5.20. The average molecular weight is 226 g/mol. The molecule has 1 unspecified atom stereocenters. The molecule has 2 heterocycles. The van der Waals surface area contributed by atoms with E-state index in [0.717, 1.165) is 0 Å². The minimum atomic E-state index is -0.473. The number of H-pyrrole nitrogens is 1. The number of aromatic nitrogens is 2. The van der Waals surface area contributed by atoms with Gasteiger partial charge in [-0.15, -0.1) is 0 Å². The third-order valence-electron chi connectivity index (χ3n) is 2.74. The van der Waals surface area contributed by atoms with Gasteiger partial charge in [0.25, 0.3) is 5.56 Å². The van der Waals surface area contributed by atoms with Crippen molar-refractivity contribution in [1.82, 2.24) is 9.55 Å². The van der Waals surface area contributed by atoms with Crippen molar-refractivity contribution in [3.8, 4) is 0 Å². The van der Waals surface area contributed by atoms with Crippen LogP contribution in [0.15, 0.2) is 15.8 Å². The Morgan fingerprint density at radius 1 is 1.56 bits per heavy atom. The van der Waals surface area contributed by atoms with Gasteiger partial charge < -0.3 is 9.84 Å². The molecule has 1 aromatic heterocycles. The van der Waals surface area contributed by atoms with Crippen LogP contribution >= 0.6 is 0 Å². The molecule has 1 aliphatic rings. The van der Waals surface area contributed by atoms with Crippen LogP contribution in [0.25, 0.3) is 0 Å². The number of hydrogen-bond donors (Lipinski definition) is 2. The summed E-state index contributed by atoms with van der Waals surface area (Å²) >= 11 is 0. The molecule has 2 N–H and O–H groups in total. The third kappa shape index (κ3) is 1.94. The Morgan fingerprint density at radius 2 is 2.31 bits per heavy atom. The van der Waals surface area contributed by atoms with Gasteiger partial charge >= 0.3 is 5.69 Å². The van der Waals surface area contributed by atoms with E-state index in [9.17, 15) is 9.59 Å². The van der Waals surface area contributed by atoms with Crippen LogP contribution in [-0.4, -0.2) is 27.4 Å². The van der Waals surface area contributed by atoms with Gasteiger partial charge in [0.2, 0.25) is 0 Å². The van der Waals surface area contributed by atoms with Crippen molar-refractivity contribution in [3.63, 3.8) is 0 Å². The molecule has 0 amide bonds. The monoisotopic (exact) mass is 226 g/mol. The fraction of sp³-hybridized carbons (Fsp3) is 0.600. The predicted octanol–water partition coefficient (Wildman–Crippen LogP) is -0.485. The van der Waals surface area contributed by atoms with Crippen molar-refractivity contribution in [2.24, 2.45) is 0 Å². The van der Waals surface area contributed by atoms with Gasteiger partial charge in [0, 0.05) is 11.8 Å². The molecule has 0 radical (unpaired) electrons. The lowest BCUT2D eigenvalue weighted by atomic mass is 10.2. The lowest BCUT2D eigenvalue weighted by molar-refractivity contribution is -0.0247. The first-order valence-corrected chi connectivity index (χ1v) is 5.20. The van der Waals surface area contributed by atoms with Gasteiger partial charge in [-0.25, -0.2) is 4.79 Å². The van der Waals surface area contributed by atoms with Crippen LogP contribution in [0, 0.1) is 6.92 Å². The lowest BCUT2D eigenvalue weighted by Gasteiger charge is -2.14. The zero-order valence-corrected chi connectivity index (χ0v) is 8.97. The molecule has 6 nitrogen and oxygen atoms in total. The zero-order valence-electron chi connectivity index (χ0n) is 8.97. The van der Waals surface area contributed by atoms with E-state index in [1.807, 2.05) is 0 Å². The fourth-order valence-electron chi connectivity index (χ4n) is 1.83. The zero-order chi connectivity index (χ0) is 11.7. The highest BCUT2D eigenvalue weighted by atomic mass is 16.5. The van der Waals surface area contributed by atoms with E-state index in [2.05, 4.69) is 4.98 Å². The van der Waals surface area contributed by atoms with Crippen LogP contribution in [0.1, 0.15) is 24.6 Å². The summed E-state index contributed by atoms with van der Waals surface area (Å²) in [5.74, 6) is 0. The number of aryl methyl sites for hydroxylation is 1. The smallest absolute Gasteiger partial charge is 0.330 e. The molecule has 88 valence electrons. The SMILES string of the molecule is Cc1cn(C2CC[C@@H](CO)O2)c(=O)[nH]c1=O. The van der Waals surface area contributed by atoms with Gasteiger partial charge in [-0.05, 0) is 19.8 Å². The number of hydrogen-bond acceptors (Lipinski definition) is 4. The Kier molecular flexibility index (Phi) is 2.93. The summed E-state index contributed by atoms with van der Waals surface area (Å²) in [6.07, 6.45) is 2.26. The van der Waals surface area contributed by atoms with Crippen molar-refractivity contribution in [2.75, 3.05) is 6.61 Å². The van der Waals surface area contributed by atoms with Crippen molar-refractivity contribution in [3.05, 3.63) is 32.6 Å². The molecular formula is C10H14N2O4. The summed E-state index contributed by atoms with van der Waals surface area (Å²) < 4.78 is 6.83. The second-order valence-electron chi connectivity index (χ2n) is 3.95. The first kappa shape index (κ1) is 11.1. The highest BCUT2D eigenvalue weighted by Crippen LogP contribution is 2.26. The molecule has 0 aromatic carbocycles. The van der Waals surface area contributed by atoms with Crippen molar-refractivity contribution in [2.45, 2.75) is 32.1 Å². The average Bonchev–Trinajstić information content (AvgIpc) is 2.71. The molecular weight excluding hydrogens is 212 g/mol. The van der Waals surface area contributed by atoms with Crippen molar-refractivity contribution < 1.29 is 9.84 Å². The number of ether oxygens (including phenoxy) is 1. The van der Waals surface area contributed by atoms with E-state index < -0.39 is 5.69 Å². The van der Waals surface area contributed by atoms with Crippen molar-refractivity contribution >= 4 is 0 Å². The maximum absolute atomic E-state index is 11.5. The molecule has 1 saturated heterocycles. The van der Waals surface area contributed by atoms with Crippen LogP contribution in [0.3, 0.4) is 0 Å². The minimum Gasteiger partial charge on any atom is -0.394 e. The van der Waals surface area contributed by atoms with Gasteiger partial charge in [-0.3, -0.25) is 14.3 Å². The van der Waals surface area contributed by atoms with Gasteiger partial charge in [0.1, 0.15) is 6.23 Å². The number of aliphatic hydroxyl groups is 1. The summed E-state index contributed by atoms with van der Waals surface area (Å²) in [5, 5.41) is 8.93. The highest BCUT2D eigenvalue weighted by Gasteiger charge is 2.26. The van der Waals surface area contributed by atoms with E-state index in [1.165, 1.54) is 10.8 Å². The Hall–Kier alpha value is -1.40. The molecule has 0 spiro atoms. The van der Waals surface area contributed by atoms with Crippen LogP contribution < -0.4 is 11.2 Å². The maximum atomic E-state index is 11.5. The van der Waals surface area contributed by atoms with Crippen LogP contribution in [0.4, 0.5) is 0 Å². The van der Waals surface area contributed by atoms with Crippen LogP contribution in [0.5, 0.6) is 0 Å². The highest BCUT2D eigenvalue weighted by molar-refractivity contribution is 5.01. The second-order valence-corrected chi connectivity index (χ2v) is 3.95. The van der Waals surface area contributed by atoms with Crippen molar-refractivity contribution in [1.29, 1.82) is 0 Å². The molecule has 2 atom stereocenters. The quantitative estimate of drug-likeness (QED) is 0.713. The summed E-state index contributed by atoms with van der Waals surface area (Å²) in [7, 11) is 0. The van der Waals surface area contributed by atoms with E-state index in [0.29, 0.717) is 18.4 Å². The molecule has 2 rings (SSSR count). The molecule has 1 fully saturated rings. The Bertz CT molecular complexity index is 490. The molecule has 0 aliphatic carbocycles. The Balaban J connectivity index is 2.32. The fourth-order valence-corrected chi connectivity index (χ4v) is 1.83. The number of rotatable bonds is 2. The summed E-state index contributed by atoms with van der Waals surface area (Å²) in [6, 6.07) is 0. The number of aromatic amines is 1. The van der Waals surface area contributed by atoms with E-state index in [-0.39, 0.29) is 24.5 Å². The first-order chi connectivity index (χ1) is 7.61. The molecule has 1 aromatic rings. The van der Waals surface area contributed by atoms with Gasteiger partial charge in [0.15, 0.2) is 0 Å². The Morgan fingerprint density at radius 3 is 2.94 bits per heavy atom. The predicted molar refractivity (Wildman–Crippen MR) is 56.3 cm³/mol. The van der Waals surface area contributed by atoms with Gasteiger partial charge in [-0.2, -0.15) is 0 Å². The number of aliphatic hydroxyl groups excluding tert-OH is 1. The second kappa shape index (κ2) is 4.23. The molecule has 6 heteroatoms. The van der Waals surface area contributed by atoms with Crippen LogP contribution in [-0.2, 0) is 4.74 Å². The van der Waals surface area contributed by atoms with Crippen LogP contribution in [0.2, 0.25) is 0 Å². The largest absolute Gasteiger partial charge is 0.394 e. The normalized spacial score (nSPS) is 24.9. The summed E-state index contributed by atoms with van der Waals surface area (Å²) in [5.41, 5.74) is -0.382. The molecule has 16 heavy (non-hydrogen) atoms. The molecule has 0 saturated carbocycles. The minimum absolute atomic E-state index is 0.0480. The van der Waals surface area contributed by atoms with Gasteiger partial charge in [-0.1, -0.05) is 0 Å². The molecule has 0 bridgehead atoms. The number of nitrogens with zero attached hydrogens (tertiary/aromatic N) is 1. The van der Waals surface area contributed by atoms with E-state index in [4.69, 9.17) is 9.84 Å². The summed E-state index contributed by atoms with van der Waals surface area (Å²) in [6.45, 7) is 1.58. The molecule has 1 aliphatic heterocycles. The summed E-state index contributed by atoms with van der Waals surface area (Å²) in [4.78, 5) is 24.9. The van der Waals surface area contributed by atoms with E-state index in [1.54, 1.807) is 6.92 Å². The third-order valence-corrected chi connectivity index (χ3v) is 2.74. The standard InChI is InChI=1S/C10H14N2O4/c1-6-4-12(10(15)11-9(6)14)8-3-2-7(5-13)16-8/h4,7-8,13H,2-3,5H2,1H3,(H,11,14,15)/t7-,8?/m0/s1. The maximum Gasteiger partial charge on any atom is 0.330 e. The number of nitrogens with one attached hydrogen (secondary N) is 1. The topological polar surface area (TPSA) is 84.3 Å². The lowest BCUT2D eigenvalue weighted by Crippen LogP contribution is -2.33. The Labute approximate surface area is 91.5 Å². The van der Waals surface area contributed by atoms with E-state index >= 15 is 0 Å². The van der Waals surface area contributed by atoms with Gasteiger partial charge in [0.05, 0.1) is 12.7 Å².